The van der Waals surface area contributed by atoms with Crippen LogP contribution in [0.25, 0.3) is 0 Å². The molecular formula is C18H30N2S. The Kier molecular flexibility index (Phi) is 5.61. The van der Waals surface area contributed by atoms with Gasteiger partial charge in [0.2, 0.25) is 0 Å². The Morgan fingerprint density at radius 3 is 2.76 bits per heavy atom. The van der Waals surface area contributed by atoms with Gasteiger partial charge in [-0.2, -0.15) is 11.8 Å². The van der Waals surface area contributed by atoms with Crippen molar-refractivity contribution < 1.29 is 0 Å². The molecule has 1 aliphatic heterocycles. The van der Waals surface area contributed by atoms with Gasteiger partial charge in [-0.15, -0.1) is 0 Å². The van der Waals surface area contributed by atoms with Gasteiger partial charge in [-0.25, -0.2) is 0 Å². The lowest BCUT2D eigenvalue weighted by atomic mass is 9.99. The van der Waals surface area contributed by atoms with Crippen molar-refractivity contribution in [1.82, 2.24) is 0 Å². The molecule has 2 N–H and O–H groups in total. The summed E-state index contributed by atoms with van der Waals surface area (Å²) in [7, 11) is 0. The first-order valence-corrected chi connectivity index (χ1v) is 9.14. The fraction of sp³-hybridized carbons (Fsp3) is 0.667. The number of benzene rings is 1. The van der Waals surface area contributed by atoms with Gasteiger partial charge in [0.15, 0.2) is 0 Å². The van der Waals surface area contributed by atoms with E-state index in [9.17, 15) is 0 Å². The summed E-state index contributed by atoms with van der Waals surface area (Å²) in [4.78, 5) is 2.54. The number of thioether (sulfide) groups is 1. The van der Waals surface area contributed by atoms with Gasteiger partial charge in [0.25, 0.3) is 0 Å². The molecular weight excluding hydrogens is 276 g/mol. The maximum atomic E-state index is 6.09. The molecule has 0 bridgehead atoms. The van der Waals surface area contributed by atoms with E-state index in [4.69, 9.17) is 5.73 Å². The topological polar surface area (TPSA) is 29.3 Å². The molecule has 1 saturated heterocycles. The first kappa shape index (κ1) is 16.7. The molecule has 21 heavy (non-hydrogen) atoms. The van der Waals surface area contributed by atoms with Gasteiger partial charge in [-0.05, 0) is 49.4 Å². The zero-order valence-electron chi connectivity index (χ0n) is 14.0. The summed E-state index contributed by atoms with van der Waals surface area (Å²) >= 11 is 2.10. The van der Waals surface area contributed by atoms with Crippen molar-refractivity contribution in [3.8, 4) is 0 Å². The fourth-order valence-corrected chi connectivity index (χ4v) is 3.91. The summed E-state index contributed by atoms with van der Waals surface area (Å²) in [6.07, 6.45) is 3.28. The quantitative estimate of drug-likeness (QED) is 0.912. The molecule has 1 heterocycles. The largest absolute Gasteiger partial charge is 0.371 e. The van der Waals surface area contributed by atoms with Crippen molar-refractivity contribution in [3.05, 3.63) is 29.3 Å². The lowest BCUT2D eigenvalue weighted by molar-refractivity contribution is 0.636. The second-order valence-electron chi connectivity index (χ2n) is 6.83. The van der Waals surface area contributed by atoms with Crippen LogP contribution in [0.4, 0.5) is 5.69 Å². The molecule has 1 unspecified atom stereocenters. The predicted octanol–water partition coefficient (Wildman–Crippen LogP) is 4.00. The molecule has 1 atom stereocenters. The van der Waals surface area contributed by atoms with Gasteiger partial charge >= 0.3 is 0 Å². The minimum absolute atomic E-state index is 0.282. The molecule has 0 aromatic heterocycles. The first-order valence-electron chi connectivity index (χ1n) is 8.15. The Morgan fingerprint density at radius 1 is 1.33 bits per heavy atom. The highest BCUT2D eigenvalue weighted by molar-refractivity contribution is 8.00. The average Bonchev–Trinajstić information content (AvgIpc) is 2.62. The standard InChI is InChI=1S/C18H30N2S/c1-5-16(19)13-15-6-7-17(12-14(15)2)20-9-8-18(3,4)21-11-10-20/h6-7,12,16H,5,8-11,13,19H2,1-4H3. The molecule has 0 spiro atoms. The molecule has 2 nitrogen and oxygen atoms in total. The van der Waals surface area contributed by atoms with Crippen molar-refractivity contribution in [3.63, 3.8) is 0 Å². The van der Waals surface area contributed by atoms with E-state index < -0.39 is 0 Å². The van der Waals surface area contributed by atoms with Crippen LogP contribution >= 0.6 is 11.8 Å². The Morgan fingerprint density at radius 2 is 2.10 bits per heavy atom. The molecule has 1 aromatic rings. The Bertz CT molecular complexity index is 470. The monoisotopic (exact) mass is 306 g/mol. The van der Waals surface area contributed by atoms with Crippen molar-refractivity contribution in [2.24, 2.45) is 5.73 Å². The third-order valence-electron chi connectivity index (χ3n) is 4.54. The Balaban J connectivity index is 2.09. The normalized spacial score (nSPS) is 20.1. The van der Waals surface area contributed by atoms with Gasteiger partial charge in [-0.3, -0.25) is 0 Å². The number of rotatable bonds is 4. The minimum Gasteiger partial charge on any atom is -0.371 e. The third kappa shape index (κ3) is 4.65. The molecule has 118 valence electrons. The lowest BCUT2D eigenvalue weighted by Gasteiger charge is -2.25. The van der Waals surface area contributed by atoms with Crippen LogP contribution in [0.3, 0.4) is 0 Å². The second-order valence-corrected chi connectivity index (χ2v) is 8.63. The van der Waals surface area contributed by atoms with Crippen LogP contribution in [0.1, 0.15) is 44.7 Å². The third-order valence-corrected chi connectivity index (χ3v) is 5.91. The van der Waals surface area contributed by atoms with Crippen LogP contribution in [0.15, 0.2) is 18.2 Å². The van der Waals surface area contributed by atoms with Crippen LogP contribution in [0, 0.1) is 6.92 Å². The average molecular weight is 307 g/mol. The Labute approximate surface area is 134 Å². The summed E-state index contributed by atoms with van der Waals surface area (Å²) in [5.41, 5.74) is 10.2. The summed E-state index contributed by atoms with van der Waals surface area (Å²) in [5.74, 6) is 1.22. The van der Waals surface area contributed by atoms with Gasteiger partial charge in [0, 0.05) is 35.3 Å². The summed E-state index contributed by atoms with van der Waals surface area (Å²) < 4.78 is 0.414. The van der Waals surface area contributed by atoms with Gasteiger partial charge in [0.05, 0.1) is 0 Å². The highest BCUT2D eigenvalue weighted by atomic mass is 32.2. The number of aryl methyl sites for hydroxylation is 1. The SMILES string of the molecule is CCC(N)Cc1ccc(N2CCSC(C)(C)CC2)cc1C. The molecule has 0 amide bonds. The van der Waals surface area contributed by atoms with E-state index in [0.717, 1.165) is 25.9 Å². The van der Waals surface area contributed by atoms with Crippen molar-refractivity contribution in [2.45, 2.75) is 57.7 Å². The smallest absolute Gasteiger partial charge is 0.0369 e. The van der Waals surface area contributed by atoms with E-state index in [0.29, 0.717) is 4.75 Å². The van der Waals surface area contributed by atoms with Crippen LogP contribution in [0.5, 0.6) is 0 Å². The summed E-state index contributed by atoms with van der Waals surface area (Å²) in [5, 5.41) is 0. The molecule has 1 fully saturated rings. The van der Waals surface area contributed by atoms with Crippen LogP contribution in [-0.4, -0.2) is 29.6 Å². The van der Waals surface area contributed by atoms with E-state index in [1.54, 1.807) is 0 Å². The minimum atomic E-state index is 0.282. The fourth-order valence-electron chi connectivity index (χ4n) is 2.81. The van der Waals surface area contributed by atoms with Crippen molar-refractivity contribution in [2.75, 3.05) is 23.7 Å². The van der Waals surface area contributed by atoms with Gasteiger partial charge in [0.1, 0.15) is 0 Å². The summed E-state index contributed by atoms with van der Waals surface area (Å²) in [6.45, 7) is 11.4. The second kappa shape index (κ2) is 7.06. The zero-order valence-corrected chi connectivity index (χ0v) is 14.8. The predicted molar refractivity (Wildman–Crippen MR) is 96.5 cm³/mol. The number of hydrogen-bond donors (Lipinski definition) is 1. The van der Waals surface area contributed by atoms with Gasteiger partial charge in [-0.1, -0.05) is 26.8 Å². The summed E-state index contributed by atoms with van der Waals surface area (Å²) in [6, 6.07) is 7.20. The van der Waals surface area contributed by atoms with E-state index in [-0.39, 0.29) is 6.04 Å². The van der Waals surface area contributed by atoms with Crippen LogP contribution in [-0.2, 0) is 6.42 Å². The van der Waals surface area contributed by atoms with E-state index in [2.05, 4.69) is 62.6 Å². The number of nitrogens with two attached hydrogens (primary N) is 1. The number of nitrogens with zero attached hydrogens (tertiary/aromatic N) is 1. The molecule has 0 aliphatic carbocycles. The van der Waals surface area contributed by atoms with Crippen molar-refractivity contribution >= 4 is 17.4 Å². The maximum Gasteiger partial charge on any atom is 0.0369 e. The zero-order chi connectivity index (χ0) is 15.5. The van der Waals surface area contributed by atoms with E-state index in [1.165, 1.54) is 29.0 Å². The maximum absolute atomic E-state index is 6.09. The van der Waals surface area contributed by atoms with E-state index in [1.807, 2.05) is 0 Å². The van der Waals surface area contributed by atoms with Gasteiger partial charge < -0.3 is 10.6 Å². The van der Waals surface area contributed by atoms with Crippen LogP contribution in [0.2, 0.25) is 0 Å². The lowest BCUT2D eigenvalue weighted by Crippen LogP contribution is -2.27. The van der Waals surface area contributed by atoms with E-state index >= 15 is 0 Å². The van der Waals surface area contributed by atoms with Crippen molar-refractivity contribution in [1.29, 1.82) is 0 Å². The first-order chi connectivity index (χ1) is 9.91. The molecule has 0 radical (unpaired) electrons. The highest BCUT2D eigenvalue weighted by Gasteiger charge is 2.23. The van der Waals surface area contributed by atoms with Crippen LogP contribution < -0.4 is 10.6 Å². The molecule has 0 saturated carbocycles. The Hall–Kier alpha value is -0.670. The number of anilines is 1. The number of hydrogen-bond acceptors (Lipinski definition) is 3. The molecule has 2 rings (SSSR count). The molecule has 3 heteroatoms. The molecule has 1 aliphatic rings. The highest BCUT2D eigenvalue weighted by Crippen LogP contribution is 2.32. The molecule has 1 aromatic carbocycles.